The van der Waals surface area contributed by atoms with Crippen LogP contribution in [-0.4, -0.2) is 49.6 Å². The summed E-state index contributed by atoms with van der Waals surface area (Å²) >= 11 is 0. The van der Waals surface area contributed by atoms with Gasteiger partial charge in [0.25, 0.3) is 5.91 Å². The van der Waals surface area contributed by atoms with E-state index in [1.807, 2.05) is 13.8 Å². The van der Waals surface area contributed by atoms with E-state index in [9.17, 15) is 14.4 Å². The molecule has 1 aliphatic heterocycles. The molecule has 0 radical (unpaired) electrons. The number of urea groups is 1. The number of hydrogen-bond donors (Lipinski definition) is 2. The lowest BCUT2D eigenvalue weighted by molar-refractivity contribution is -0.134. The van der Waals surface area contributed by atoms with Crippen molar-refractivity contribution in [2.45, 2.75) is 38.3 Å². The van der Waals surface area contributed by atoms with Crippen LogP contribution < -0.4 is 20.1 Å². The third-order valence-electron chi connectivity index (χ3n) is 5.58. The largest absolute Gasteiger partial charge is 0.497 e. The average Bonchev–Trinajstić information content (AvgIpc) is 3.04. The van der Waals surface area contributed by atoms with Crippen LogP contribution in [0.5, 0.6) is 11.5 Å². The molecule has 3 rings (SSSR count). The van der Waals surface area contributed by atoms with Crippen molar-refractivity contribution in [2.24, 2.45) is 0 Å². The number of ether oxygens (including phenoxy) is 2. The molecule has 1 fully saturated rings. The number of carbonyl (C=O) groups excluding carboxylic acids is 3. The molecule has 2 aromatic carbocycles. The van der Waals surface area contributed by atoms with E-state index in [0.29, 0.717) is 22.6 Å². The van der Waals surface area contributed by atoms with Crippen molar-refractivity contribution in [1.82, 2.24) is 15.5 Å². The van der Waals surface area contributed by atoms with E-state index >= 15 is 0 Å². The Kier molecular flexibility index (Phi) is 7.02. The van der Waals surface area contributed by atoms with Gasteiger partial charge in [0.2, 0.25) is 5.91 Å². The second kappa shape index (κ2) is 9.72. The summed E-state index contributed by atoms with van der Waals surface area (Å²) in [4.78, 5) is 40.1. The summed E-state index contributed by atoms with van der Waals surface area (Å²) < 4.78 is 10.5. The minimum absolute atomic E-state index is 0.0406. The molecular weight excluding hydrogens is 410 g/mol. The van der Waals surface area contributed by atoms with Gasteiger partial charge in [0.15, 0.2) is 5.54 Å². The van der Waals surface area contributed by atoms with E-state index in [4.69, 9.17) is 9.47 Å². The van der Waals surface area contributed by atoms with Crippen LogP contribution in [-0.2, 0) is 15.1 Å². The number of benzene rings is 2. The minimum Gasteiger partial charge on any atom is -0.497 e. The molecule has 4 amide bonds. The molecule has 1 saturated heterocycles. The van der Waals surface area contributed by atoms with Crippen LogP contribution in [0.3, 0.4) is 0 Å². The van der Waals surface area contributed by atoms with E-state index in [1.54, 1.807) is 62.8 Å². The average molecular weight is 440 g/mol. The van der Waals surface area contributed by atoms with Crippen LogP contribution in [0.25, 0.3) is 0 Å². The Bertz CT molecular complexity index is 925. The van der Waals surface area contributed by atoms with Crippen molar-refractivity contribution in [2.75, 3.05) is 20.8 Å². The van der Waals surface area contributed by atoms with Crippen molar-refractivity contribution >= 4 is 17.8 Å². The normalized spacial score (nSPS) is 15.8. The third kappa shape index (κ3) is 4.39. The van der Waals surface area contributed by atoms with Gasteiger partial charge in [-0.3, -0.25) is 14.5 Å². The number of carbonyl (C=O) groups is 3. The topological polar surface area (TPSA) is 97.0 Å². The zero-order valence-electron chi connectivity index (χ0n) is 18.8. The molecule has 8 nitrogen and oxygen atoms in total. The Hall–Kier alpha value is -3.55. The lowest BCUT2D eigenvalue weighted by Crippen LogP contribution is -2.46. The first-order valence-electron chi connectivity index (χ1n) is 10.6. The van der Waals surface area contributed by atoms with Gasteiger partial charge in [-0.2, -0.15) is 0 Å². The molecule has 1 atom stereocenters. The second-order valence-corrected chi connectivity index (χ2v) is 7.79. The highest BCUT2D eigenvalue weighted by Crippen LogP contribution is 2.37. The predicted molar refractivity (Wildman–Crippen MR) is 120 cm³/mol. The summed E-state index contributed by atoms with van der Waals surface area (Å²) in [6.45, 7) is 3.57. The number of imide groups is 1. The fourth-order valence-electron chi connectivity index (χ4n) is 3.93. The Morgan fingerprint density at radius 3 is 1.94 bits per heavy atom. The van der Waals surface area contributed by atoms with Gasteiger partial charge in [0, 0.05) is 6.04 Å². The van der Waals surface area contributed by atoms with Gasteiger partial charge in [-0.05, 0) is 48.7 Å². The fourth-order valence-corrected chi connectivity index (χ4v) is 3.93. The molecule has 32 heavy (non-hydrogen) atoms. The van der Waals surface area contributed by atoms with Gasteiger partial charge in [-0.15, -0.1) is 0 Å². The van der Waals surface area contributed by atoms with Crippen molar-refractivity contribution in [3.05, 3.63) is 59.7 Å². The predicted octanol–water partition coefficient (Wildman–Crippen LogP) is 2.80. The quantitative estimate of drug-likeness (QED) is 0.586. The monoisotopic (exact) mass is 439 g/mol. The van der Waals surface area contributed by atoms with Crippen LogP contribution in [0.1, 0.15) is 37.8 Å². The molecule has 0 bridgehead atoms. The fraction of sp³-hybridized carbons (Fsp3) is 0.375. The van der Waals surface area contributed by atoms with Crippen LogP contribution in [0.4, 0.5) is 4.79 Å². The molecule has 2 N–H and O–H groups in total. The molecule has 8 heteroatoms. The molecule has 1 unspecified atom stereocenters. The molecule has 1 heterocycles. The van der Waals surface area contributed by atoms with Gasteiger partial charge in [0.05, 0.1) is 14.2 Å². The van der Waals surface area contributed by atoms with Crippen LogP contribution in [0.2, 0.25) is 0 Å². The maximum atomic E-state index is 13.7. The van der Waals surface area contributed by atoms with Crippen LogP contribution in [0.15, 0.2) is 48.5 Å². The molecule has 170 valence electrons. The number of methoxy groups -OCH3 is 2. The number of amides is 4. The number of hydrogen-bond acceptors (Lipinski definition) is 5. The van der Waals surface area contributed by atoms with Gasteiger partial charge < -0.3 is 20.1 Å². The van der Waals surface area contributed by atoms with Gasteiger partial charge in [-0.1, -0.05) is 37.6 Å². The van der Waals surface area contributed by atoms with Gasteiger partial charge in [0.1, 0.15) is 18.0 Å². The molecule has 0 aromatic heterocycles. The van der Waals surface area contributed by atoms with Gasteiger partial charge in [-0.25, -0.2) is 4.79 Å². The summed E-state index contributed by atoms with van der Waals surface area (Å²) in [5.74, 6) is 0.346. The van der Waals surface area contributed by atoms with Crippen LogP contribution >= 0.6 is 0 Å². The van der Waals surface area contributed by atoms with Crippen molar-refractivity contribution < 1.29 is 23.9 Å². The maximum Gasteiger partial charge on any atom is 0.326 e. The van der Waals surface area contributed by atoms with E-state index in [-0.39, 0.29) is 18.5 Å². The number of nitrogens with zero attached hydrogens (tertiary/aromatic N) is 1. The van der Waals surface area contributed by atoms with Crippen molar-refractivity contribution in [3.63, 3.8) is 0 Å². The first-order valence-corrected chi connectivity index (χ1v) is 10.6. The molecule has 0 saturated carbocycles. The van der Waals surface area contributed by atoms with E-state index in [0.717, 1.165) is 17.7 Å². The number of nitrogens with one attached hydrogen (secondary N) is 2. The first kappa shape index (κ1) is 23.1. The van der Waals surface area contributed by atoms with Gasteiger partial charge >= 0.3 is 6.03 Å². The Morgan fingerprint density at radius 2 is 1.50 bits per heavy atom. The SMILES string of the molecule is CCCC(C)NC(=O)CN1C(=O)NC(c2ccc(OC)cc2)(c2ccc(OC)cc2)C1=O. The lowest BCUT2D eigenvalue weighted by atomic mass is 9.82. The Balaban J connectivity index is 1.98. The Morgan fingerprint density at radius 1 is 1.00 bits per heavy atom. The highest BCUT2D eigenvalue weighted by atomic mass is 16.5. The van der Waals surface area contributed by atoms with Crippen LogP contribution in [0, 0.1) is 0 Å². The minimum atomic E-state index is -1.47. The van der Waals surface area contributed by atoms with E-state index in [2.05, 4.69) is 10.6 Å². The van der Waals surface area contributed by atoms with E-state index < -0.39 is 17.5 Å². The Labute approximate surface area is 187 Å². The molecule has 2 aromatic rings. The highest BCUT2D eigenvalue weighted by molar-refractivity contribution is 6.11. The lowest BCUT2D eigenvalue weighted by Gasteiger charge is -2.28. The summed E-state index contributed by atoms with van der Waals surface area (Å²) in [6.07, 6.45) is 1.73. The zero-order chi connectivity index (χ0) is 23.3. The first-order chi connectivity index (χ1) is 15.3. The zero-order valence-corrected chi connectivity index (χ0v) is 18.8. The highest BCUT2D eigenvalue weighted by Gasteiger charge is 2.54. The molecule has 0 spiro atoms. The summed E-state index contributed by atoms with van der Waals surface area (Å²) in [5, 5.41) is 5.67. The summed E-state index contributed by atoms with van der Waals surface area (Å²) in [6, 6.07) is 13.2. The summed E-state index contributed by atoms with van der Waals surface area (Å²) in [5.41, 5.74) is -0.349. The standard InChI is InChI=1S/C24H29N3O5/c1-5-6-16(2)25-21(28)15-27-22(29)24(26-23(27)30,17-7-11-19(31-3)12-8-17)18-9-13-20(32-4)14-10-18/h7-14,16H,5-6,15H2,1-4H3,(H,25,28)(H,26,30). The maximum absolute atomic E-state index is 13.7. The van der Waals surface area contributed by atoms with Crippen molar-refractivity contribution in [1.29, 1.82) is 0 Å². The summed E-state index contributed by atoms with van der Waals surface area (Å²) in [7, 11) is 3.10. The third-order valence-corrected chi connectivity index (χ3v) is 5.58. The molecular formula is C24H29N3O5. The number of rotatable bonds is 9. The molecule has 0 aliphatic carbocycles. The molecule has 1 aliphatic rings. The second-order valence-electron chi connectivity index (χ2n) is 7.79. The van der Waals surface area contributed by atoms with Crippen molar-refractivity contribution in [3.8, 4) is 11.5 Å². The smallest absolute Gasteiger partial charge is 0.326 e. The van der Waals surface area contributed by atoms with E-state index in [1.165, 1.54) is 0 Å².